The van der Waals surface area contributed by atoms with Gasteiger partial charge >= 0.3 is 0 Å². The summed E-state index contributed by atoms with van der Waals surface area (Å²) in [6.07, 6.45) is 1.89. The van der Waals surface area contributed by atoms with Crippen molar-refractivity contribution in [2.45, 2.75) is 67.0 Å². The van der Waals surface area contributed by atoms with Crippen molar-refractivity contribution >= 4 is 5.91 Å². The third kappa shape index (κ3) is 8.19. The molecule has 0 fully saturated rings. The normalized spacial score (nSPS) is 13.9. The highest BCUT2D eigenvalue weighted by Gasteiger charge is 2.21. The minimum Gasteiger partial charge on any atom is -0.374 e. The van der Waals surface area contributed by atoms with Gasteiger partial charge in [-0.25, -0.2) is 0 Å². The number of carbonyl (C=O) groups is 1. The van der Waals surface area contributed by atoms with Gasteiger partial charge in [-0.3, -0.25) is 4.79 Å². The second-order valence-electron chi connectivity index (χ2n) is 6.47. The van der Waals surface area contributed by atoms with Crippen LogP contribution in [-0.2, 0) is 4.79 Å². The molecule has 1 N–H and O–H groups in total. The summed E-state index contributed by atoms with van der Waals surface area (Å²) in [6, 6.07) is 0. The van der Waals surface area contributed by atoms with Gasteiger partial charge < -0.3 is 10.0 Å². The molecule has 1 amide bonds. The Bertz CT molecular complexity index is 231. The van der Waals surface area contributed by atoms with E-state index in [-0.39, 0.29) is 11.3 Å². The summed E-state index contributed by atoms with van der Waals surface area (Å²) in [4.78, 5) is 13.1. The average Bonchev–Trinajstić information content (AvgIpc) is 2.12. The average molecular weight is 243 g/mol. The Hall–Kier alpha value is -0.570. The minimum atomic E-state index is -0.628. The molecule has 0 saturated heterocycles. The SMILES string of the molecule is CC(=O)N(CCC(C)(C)C)C(O)CCC(C)C. The Kier molecular flexibility index (Phi) is 6.76. The highest BCUT2D eigenvalue weighted by Crippen LogP contribution is 2.20. The van der Waals surface area contributed by atoms with E-state index in [1.54, 1.807) is 4.90 Å². The van der Waals surface area contributed by atoms with Gasteiger partial charge in [0.2, 0.25) is 5.91 Å². The summed E-state index contributed by atoms with van der Waals surface area (Å²) in [6.45, 7) is 12.8. The van der Waals surface area contributed by atoms with Crippen LogP contribution in [0.25, 0.3) is 0 Å². The molecule has 0 spiro atoms. The summed E-state index contributed by atoms with van der Waals surface area (Å²) < 4.78 is 0. The fourth-order valence-corrected chi connectivity index (χ4v) is 1.61. The standard InChI is InChI=1S/C14H29NO2/c1-11(2)7-8-13(17)15(12(3)16)10-9-14(4,5)6/h11,13,17H,7-10H2,1-6H3. The first kappa shape index (κ1) is 16.4. The fourth-order valence-electron chi connectivity index (χ4n) is 1.61. The topological polar surface area (TPSA) is 40.5 Å². The van der Waals surface area contributed by atoms with Crippen molar-refractivity contribution in [3.05, 3.63) is 0 Å². The Balaban J connectivity index is 4.27. The molecule has 0 aromatic rings. The maximum absolute atomic E-state index is 11.5. The lowest BCUT2D eigenvalue weighted by atomic mass is 9.92. The van der Waals surface area contributed by atoms with E-state index in [1.807, 2.05) is 0 Å². The Morgan fingerprint density at radius 3 is 2.12 bits per heavy atom. The molecule has 0 saturated carbocycles. The van der Waals surface area contributed by atoms with Gasteiger partial charge in [0.15, 0.2) is 0 Å². The van der Waals surface area contributed by atoms with Crippen LogP contribution in [0.2, 0.25) is 0 Å². The lowest BCUT2D eigenvalue weighted by molar-refractivity contribution is -0.140. The summed E-state index contributed by atoms with van der Waals surface area (Å²) in [5.74, 6) is 0.520. The number of amides is 1. The molecule has 3 heteroatoms. The largest absolute Gasteiger partial charge is 0.374 e. The third-order valence-corrected chi connectivity index (χ3v) is 2.87. The summed E-state index contributed by atoms with van der Waals surface area (Å²) in [5.41, 5.74) is 0.186. The molecule has 102 valence electrons. The second kappa shape index (κ2) is 7.00. The molecule has 17 heavy (non-hydrogen) atoms. The third-order valence-electron chi connectivity index (χ3n) is 2.87. The molecule has 0 aromatic carbocycles. The van der Waals surface area contributed by atoms with Gasteiger partial charge in [0, 0.05) is 13.5 Å². The van der Waals surface area contributed by atoms with Crippen LogP contribution >= 0.6 is 0 Å². The van der Waals surface area contributed by atoms with Crippen LogP contribution in [0.5, 0.6) is 0 Å². The first-order valence-electron chi connectivity index (χ1n) is 6.59. The van der Waals surface area contributed by atoms with Crippen LogP contribution < -0.4 is 0 Å². The Labute approximate surface area is 106 Å². The molecule has 0 heterocycles. The van der Waals surface area contributed by atoms with E-state index >= 15 is 0 Å². The van der Waals surface area contributed by atoms with Gasteiger partial charge in [-0.05, 0) is 30.6 Å². The van der Waals surface area contributed by atoms with Crippen LogP contribution in [0.15, 0.2) is 0 Å². The number of hydrogen-bond acceptors (Lipinski definition) is 2. The highest BCUT2D eigenvalue weighted by molar-refractivity contribution is 5.73. The molecule has 0 rings (SSSR count). The van der Waals surface area contributed by atoms with E-state index in [0.717, 1.165) is 12.8 Å². The fraction of sp³-hybridized carbons (Fsp3) is 0.929. The van der Waals surface area contributed by atoms with Crippen molar-refractivity contribution in [2.24, 2.45) is 11.3 Å². The van der Waals surface area contributed by atoms with Crippen LogP contribution in [0.4, 0.5) is 0 Å². The summed E-state index contributed by atoms with van der Waals surface area (Å²) in [7, 11) is 0. The minimum absolute atomic E-state index is 0.0366. The Morgan fingerprint density at radius 2 is 1.76 bits per heavy atom. The number of carbonyl (C=O) groups excluding carboxylic acids is 1. The molecule has 1 unspecified atom stereocenters. The van der Waals surface area contributed by atoms with Crippen molar-refractivity contribution in [1.82, 2.24) is 4.90 Å². The van der Waals surface area contributed by atoms with Gasteiger partial charge in [-0.15, -0.1) is 0 Å². The van der Waals surface area contributed by atoms with E-state index in [0.29, 0.717) is 18.9 Å². The van der Waals surface area contributed by atoms with Crippen LogP contribution in [-0.4, -0.2) is 28.7 Å². The smallest absolute Gasteiger partial charge is 0.221 e. The zero-order valence-electron chi connectivity index (χ0n) is 12.3. The predicted molar refractivity (Wildman–Crippen MR) is 71.5 cm³/mol. The maximum Gasteiger partial charge on any atom is 0.221 e. The zero-order chi connectivity index (χ0) is 13.6. The molecule has 0 aliphatic carbocycles. The molecule has 0 aliphatic heterocycles. The quantitative estimate of drug-likeness (QED) is 0.728. The van der Waals surface area contributed by atoms with Gasteiger partial charge in [0.25, 0.3) is 0 Å². The number of nitrogens with zero attached hydrogens (tertiary/aromatic N) is 1. The molecule has 0 bridgehead atoms. The second-order valence-corrected chi connectivity index (χ2v) is 6.47. The monoisotopic (exact) mass is 243 g/mol. The number of aliphatic hydroxyl groups excluding tert-OH is 1. The van der Waals surface area contributed by atoms with E-state index in [4.69, 9.17) is 0 Å². The number of hydrogen-bond donors (Lipinski definition) is 1. The molecular weight excluding hydrogens is 214 g/mol. The van der Waals surface area contributed by atoms with Gasteiger partial charge in [0.1, 0.15) is 6.23 Å². The first-order valence-corrected chi connectivity index (χ1v) is 6.59. The number of rotatable bonds is 6. The zero-order valence-corrected chi connectivity index (χ0v) is 12.3. The van der Waals surface area contributed by atoms with Crippen molar-refractivity contribution < 1.29 is 9.90 Å². The van der Waals surface area contributed by atoms with Crippen LogP contribution in [0.3, 0.4) is 0 Å². The van der Waals surface area contributed by atoms with E-state index in [9.17, 15) is 9.90 Å². The first-order chi connectivity index (χ1) is 7.63. The Morgan fingerprint density at radius 1 is 1.24 bits per heavy atom. The van der Waals surface area contributed by atoms with Crippen molar-refractivity contribution in [1.29, 1.82) is 0 Å². The lowest BCUT2D eigenvalue weighted by Crippen LogP contribution is -2.40. The molecule has 0 radical (unpaired) electrons. The van der Waals surface area contributed by atoms with Gasteiger partial charge in [-0.1, -0.05) is 34.6 Å². The van der Waals surface area contributed by atoms with E-state index < -0.39 is 6.23 Å². The molecule has 1 atom stereocenters. The van der Waals surface area contributed by atoms with Crippen molar-refractivity contribution in [3.8, 4) is 0 Å². The maximum atomic E-state index is 11.5. The van der Waals surface area contributed by atoms with Crippen LogP contribution in [0.1, 0.15) is 60.8 Å². The highest BCUT2D eigenvalue weighted by atomic mass is 16.3. The predicted octanol–water partition coefficient (Wildman–Crippen LogP) is 3.03. The van der Waals surface area contributed by atoms with Gasteiger partial charge in [0.05, 0.1) is 0 Å². The molecular formula is C14H29NO2. The molecule has 0 aromatic heterocycles. The van der Waals surface area contributed by atoms with Crippen molar-refractivity contribution in [2.75, 3.05) is 6.54 Å². The summed E-state index contributed by atoms with van der Waals surface area (Å²) in [5, 5.41) is 10.0. The molecule has 0 aliphatic rings. The van der Waals surface area contributed by atoms with Crippen molar-refractivity contribution in [3.63, 3.8) is 0 Å². The summed E-state index contributed by atoms with van der Waals surface area (Å²) >= 11 is 0. The van der Waals surface area contributed by atoms with E-state index in [1.165, 1.54) is 6.92 Å². The van der Waals surface area contributed by atoms with Crippen LogP contribution in [0, 0.1) is 11.3 Å². The number of aliphatic hydroxyl groups is 1. The van der Waals surface area contributed by atoms with E-state index in [2.05, 4.69) is 34.6 Å². The lowest BCUT2D eigenvalue weighted by Gasteiger charge is -2.30. The van der Waals surface area contributed by atoms with Gasteiger partial charge in [-0.2, -0.15) is 0 Å². The molecule has 3 nitrogen and oxygen atoms in total.